The summed E-state index contributed by atoms with van der Waals surface area (Å²) in [4.78, 5) is 11.7. The molecule has 0 aromatic heterocycles. The molecule has 0 amide bonds. The van der Waals surface area contributed by atoms with Crippen molar-refractivity contribution in [2.45, 2.75) is 39.2 Å². The zero-order valence-corrected chi connectivity index (χ0v) is 23.0. The third kappa shape index (κ3) is 5.82. The Labute approximate surface area is 217 Å². The van der Waals surface area contributed by atoms with Crippen molar-refractivity contribution in [2.75, 3.05) is 14.2 Å². The highest BCUT2D eigenvalue weighted by atomic mass is 79.9. The summed E-state index contributed by atoms with van der Waals surface area (Å²) in [5.41, 5.74) is 4.09. The molecule has 0 fully saturated rings. The second kappa shape index (κ2) is 11.4. The Kier molecular flexibility index (Phi) is 8.79. The predicted molar refractivity (Wildman–Crippen MR) is 140 cm³/mol. The van der Waals surface area contributed by atoms with E-state index in [2.05, 4.69) is 45.7 Å². The number of carbonyl (C=O) groups is 1. The Morgan fingerprint density at radius 1 is 0.941 bits per heavy atom. The summed E-state index contributed by atoms with van der Waals surface area (Å²) in [5.74, 6) is 1.59. The van der Waals surface area contributed by atoms with E-state index >= 15 is 0 Å². The molecule has 7 heteroatoms. The second-order valence-corrected chi connectivity index (χ2v) is 10.00. The molecule has 3 aromatic carbocycles. The minimum Gasteiger partial charge on any atom is -0.496 e. The molecule has 3 aromatic rings. The van der Waals surface area contributed by atoms with Gasteiger partial charge in [0.1, 0.15) is 17.6 Å². The molecule has 3 rings (SSSR count). The Balaban J connectivity index is 2.12. The lowest BCUT2D eigenvalue weighted by Crippen LogP contribution is -2.07. The van der Waals surface area contributed by atoms with Crippen molar-refractivity contribution in [3.8, 4) is 17.2 Å². The average Bonchev–Trinajstić information content (AvgIpc) is 2.80. The topological polar surface area (TPSA) is 65.0 Å². The normalized spacial score (nSPS) is 11.9. The van der Waals surface area contributed by atoms with Gasteiger partial charge in [-0.3, -0.25) is 4.79 Å². The SMILES string of the molecule is COC(=O)Cc1cc(Br)c(Oc2cc(C(C)C)c(OC)cc2C(O)c2ccccc2C)c(Br)c1. The van der Waals surface area contributed by atoms with E-state index in [1.165, 1.54) is 7.11 Å². The van der Waals surface area contributed by atoms with Crippen molar-refractivity contribution in [3.05, 3.63) is 85.3 Å². The number of halogens is 2. The van der Waals surface area contributed by atoms with E-state index in [9.17, 15) is 9.90 Å². The Morgan fingerprint density at radius 3 is 2.12 bits per heavy atom. The van der Waals surface area contributed by atoms with Crippen LogP contribution in [0.3, 0.4) is 0 Å². The summed E-state index contributed by atoms with van der Waals surface area (Å²) in [6, 6.07) is 15.1. The first-order chi connectivity index (χ1) is 16.2. The summed E-state index contributed by atoms with van der Waals surface area (Å²) in [6.45, 7) is 6.12. The van der Waals surface area contributed by atoms with Gasteiger partial charge in [0.05, 0.1) is 29.6 Å². The van der Waals surface area contributed by atoms with Crippen molar-refractivity contribution < 1.29 is 24.1 Å². The van der Waals surface area contributed by atoms with Gasteiger partial charge in [-0.25, -0.2) is 0 Å². The van der Waals surface area contributed by atoms with Crippen LogP contribution in [0.2, 0.25) is 0 Å². The predicted octanol–water partition coefficient (Wildman–Crippen LogP) is 7.24. The number of hydrogen-bond acceptors (Lipinski definition) is 5. The summed E-state index contributed by atoms with van der Waals surface area (Å²) in [5, 5.41) is 11.4. The fraction of sp³-hybridized carbons (Fsp3) is 0.296. The maximum atomic E-state index is 11.7. The van der Waals surface area contributed by atoms with E-state index in [1.807, 2.05) is 55.5 Å². The fourth-order valence-electron chi connectivity index (χ4n) is 3.74. The highest BCUT2D eigenvalue weighted by Gasteiger charge is 2.23. The summed E-state index contributed by atoms with van der Waals surface area (Å²) in [6.07, 6.45) is -0.770. The molecule has 180 valence electrons. The minimum atomic E-state index is -0.914. The fourth-order valence-corrected chi connectivity index (χ4v) is 5.19. The maximum Gasteiger partial charge on any atom is 0.309 e. The van der Waals surface area contributed by atoms with Gasteiger partial charge in [0.25, 0.3) is 0 Å². The molecule has 0 aliphatic carbocycles. The molecule has 5 nitrogen and oxygen atoms in total. The van der Waals surface area contributed by atoms with Gasteiger partial charge in [0.15, 0.2) is 5.75 Å². The van der Waals surface area contributed by atoms with Crippen LogP contribution in [0.25, 0.3) is 0 Å². The van der Waals surface area contributed by atoms with Gasteiger partial charge in [-0.2, -0.15) is 0 Å². The number of esters is 1. The lowest BCUT2D eigenvalue weighted by molar-refractivity contribution is -0.139. The van der Waals surface area contributed by atoms with E-state index in [0.717, 1.165) is 22.3 Å². The summed E-state index contributed by atoms with van der Waals surface area (Å²) in [7, 11) is 2.99. The second-order valence-electron chi connectivity index (χ2n) is 8.29. The van der Waals surface area contributed by atoms with E-state index in [1.54, 1.807) is 7.11 Å². The van der Waals surface area contributed by atoms with Crippen molar-refractivity contribution in [3.63, 3.8) is 0 Å². The first-order valence-corrected chi connectivity index (χ1v) is 12.4. The van der Waals surface area contributed by atoms with Crippen molar-refractivity contribution in [2.24, 2.45) is 0 Å². The molecule has 1 atom stereocenters. The highest BCUT2D eigenvalue weighted by molar-refractivity contribution is 9.11. The molecule has 34 heavy (non-hydrogen) atoms. The number of aliphatic hydroxyl groups is 1. The highest BCUT2D eigenvalue weighted by Crippen LogP contribution is 2.44. The van der Waals surface area contributed by atoms with Gasteiger partial charge in [-0.15, -0.1) is 0 Å². The quantitative estimate of drug-likeness (QED) is 0.280. The molecule has 0 saturated heterocycles. The van der Waals surface area contributed by atoms with Gasteiger partial charge in [-0.05, 0) is 85.7 Å². The lowest BCUT2D eigenvalue weighted by atomic mass is 9.93. The van der Waals surface area contributed by atoms with Crippen LogP contribution < -0.4 is 9.47 Å². The summed E-state index contributed by atoms with van der Waals surface area (Å²) < 4.78 is 18.2. The number of hydrogen-bond donors (Lipinski definition) is 1. The van der Waals surface area contributed by atoms with Crippen LogP contribution in [0.5, 0.6) is 17.2 Å². The number of methoxy groups -OCH3 is 2. The Morgan fingerprint density at radius 2 is 1.56 bits per heavy atom. The zero-order chi connectivity index (χ0) is 25.0. The van der Waals surface area contributed by atoms with Crippen LogP contribution in [0, 0.1) is 6.92 Å². The Bertz CT molecular complexity index is 1170. The number of benzene rings is 3. The van der Waals surface area contributed by atoms with Crippen LogP contribution in [-0.2, 0) is 16.0 Å². The molecule has 0 radical (unpaired) electrons. The lowest BCUT2D eigenvalue weighted by Gasteiger charge is -2.23. The standard InChI is InChI=1S/C27H28Br2O5/c1-15(2)19-13-24(34-27-21(28)10-17(11-22(27)29)12-25(30)33-5)20(14-23(19)32-4)26(31)18-9-7-6-8-16(18)3/h6-11,13-15,26,31H,12H2,1-5H3. The van der Waals surface area contributed by atoms with Gasteiger partial charge < -0.3 is 19.3 Å². The van der Waals surface area contributed by atoms with Crippen LogP contribution in [-0.4, -0.2) is 25.3 Å². The van der Waals surface area contributed by atoms with Gasteiger partial charge >= 0.3 is 5.97 Å². The van der Waals surface area contributed by atoms with Gasteiger partial charge in [0.2, 0.25) is 0 Å². The summed E-state index contributed by atoms with van der Waals surface area (Å²) >= 11 is 7.13. The van der Waals surface area contributed by atoms with Crippen molar-refractivity contribution >= 4 is 37.8 Å². The molecule has 0 spiro atoms. The number of rotatable bonds is 8. The van der Waals surface area contributed by atoms with Gasteiger partial charge in [0, 0.05) is 11.1 Å². The molecule has 0 heterocycles. The third-order valence-corrected chi connectivity index (χ3v) is 6.79. The zero-order valence-electron chi connectivity index (χ0n) is 19.8. The van der Waals surface area contributed by atoms with Crippen LogP contribution >= 0.6 is 31.9 Å². The number of aliphatic hydroxyl groups excluding tert-OH is 1. The molecule has 0 aliphatic heterocycles. The smallest absolute Gasteiger partial charge is 0.309 e. The van der Waals surface area contributed by atoms with Crippen molar-refractivity contribution in [1.29, 1.82) is 0 Å². The van der Waals surface area contributed by atoms with E-state index in [-0.39, 0.29) is 18.3 Å². The van der Waals surface area contributed by atoms with Crippen LogP contribution in [0.4, 0.5) is 0 Å². The Hall–Kier alpha value is -2.35. The largest absolute Gasteiger partial charge is 0.496 e. The van der Waals surface area contributed by atoms with E-state index in [0.29, 0.717) is 31.8 Å². The van der Waals surface area contributed by atoms with Crippen LogP contribution in [0.1, 0.15) is 53.7 Å². The first kappa shape index (κ1) is 26.3. The van der Waals surface area contributed by atoms with Crippen molar-refractivity contribution in [1.82, 2.24) is 0 Å². The van der Waals surface area contributed by atoms with E-state index < -0.39 is 6.10 Å². The molecular weight excluding hydrogens is 564 g/mol. The molecule has 0 bridgehead atoms. The molecule has 1 unspecified atom stereocenters. The number of carbonyl (C=O) groups excluding carboxylic acids is 1. The molecular formula is C27H28Br2O5. The minimum absolute atomic E-state index is 0.144. The third-order valence-electron chi connectivity index (χ3n) is 5.61. The first-order valence-electron chi connectivity index (χ1n) is 10.8. The number of ether oxygens (including phenoxy) is 3. The van der Waals surface area contributed by atoms with Crippen LogP contribution in [0.15, 0.2) is 57.5 Å². The maximum absolute atomic E-state index is 11.7. The monoisotopic (exact) mass is 590 g/mol. The van der Waals surface area contributed by atoms with E-state index in [4.69, 9.17) is 14.2 Å². The molecule has 0 saturated carbocycles. The molecule has 0 aliphatic rings. The van der Waals surface area contributed by atoms with Gasteiger partial charge in [-0.1, -0.05) is 38.1 Å². The molecule has 1 N–H and O–H groups in total. The number of aryl methyl sites for hydroxylation is 1. The average molecular weight is 592 g/mol.